The van der Waals surface area contributed by atoms with Gasteiger partial charge in [-0.05, 0) is 23.3 Å². The van der Waals surface area contributed by atoms with Crippen LogP contribution in [0.15, 0.2) is 71.5 Å². The molecule has 27 heavy (non-hydrogen) atoms. The molecule has 0 saturated heterocycles. The van der Waals surface area contributed by atoms with Gasteiger partial charge in [-0.3, -0.25) is 9.79 Å². The van der Waals surface area contributed by atoms with Gasteiger partial charge in [0, 0.05) is 18.4 Å². The van der Waals surface area contributed by atoms with E-state index in [0.29, 0.717) is 18.8 Å². The molecule has 2 aromatic rings. The van der Waals surface area contributed by atoms with Crippen molar-refractivity contribution in [3.63, 3.8) is 0 Å². The highest BCUT2D eigenvalue weighted by Gasteiger charge is 2.02. The molecule has 6 heteroatoms. The van der Waals surface area contributed by atoms with E-state index in [1.165, 1.54) is 11.8 Å². The van der Waals surface area contributed by atoms with Gasteiger partial charge in [0.25, 0.3) is 0 Å². The van der Waals surface area contributed by atoms with Gasteiger partial charge in [-0.25, -0.2) is 0 Å². The highest BCUT2D eigenvalue weighted by molar-refractivity contribution is 7.99. The molecule has 1 N–H and O–H groups in total. The van der Waals surface area contributed by atoms with Gasteiger partial charge in [0.1, 0.15) is 12.0 Å². The van der Waals surface area contributed by atoms with E-state index < -0.39 is 5.97 Å². The normalized spacial score (nSPS) is 11.5. The van der Waals surface area contributed by atoms with Gasteiger partial charge in [-0.1, -0.05) is 42.5 Å². The molecule has 0 heterocycles. The van der Waals surface area contributed by atoms with Gasteiger partial charge in [-0.2, -0.15) is 0 Å². The fourth-order valence-electron chi connectivity index (χ4n) is 2.24. The zero-order valence-electron chi connectivity index (χ0n) is 15.2. The number of carbonyl (C=O) groups is 1. The van der Waals surface area contributed by atoms with E-state index in [9.17, 15) is 4.79 Å². The summed E-state index contributed by atoms with van der Waals surface area (Å²) in [6.45, 7) is 0.465. The van der Waals surface area contributed by atoms with Crippen molar-refractivity contribution in [2.75, 3.05) is 19.5 Å². The van der Waals surface area contributed by atoms with Crippen molar-refractivity contribution in [1.29, 1.82) is 0 Å². The lowest BCUT2D eigenvalue weighted by Gasteiger charge is -2.08. The lowest BCUT2D eigenvalue weighted by atomic mass is 10.2. The maximum Gasteiger partial charge on any atom is 0.313 e. The fraction of sp³-hybridized carbons (Fsp3) is 0.238. The molecule has 0 aliphatic rings. The molecular weight excluding hydrogens is 362 g/mol. The minimum atomic E-state index is -0.805. The van der Waals surface area contributed by atoms with Crippen LogP contribution in [0.5, 0.6) is 5.75 Å². The van der Waals surface area contributed by atoms with Crippen molar-refractivity contribution in [1.82, 2.24) is 0 Å². The Morgan fingerprint density at radius 1 is 1.19 bits per heavy atom. The van der Waals surface area contributed by atoms with Crippen LogP contribution in [0.4, 0.5) is 0 Å². The van der Waals surface area contributed by atoms with Crippen molar-refractivity contribution < 1.29 is 19.4 Å². The van der Waals surface area contributed by atoms with Crippen LogP contribution in [0.2, 0.25) is 0 Å². The Hall–Kier alpha value is -2.73. The molecule has 0 aromatic heterocycles. The number of hydrogen-bond donors (Lipinski definition) is 1. The summed E-state index contributed by atoms with van der Waals surface area (Å²) in [4.78, 5) is 15.0. The smallest absolute Gasteiger partial charge is 0.313 e. The van der Waals surface area contributed by atoms with Crippen molar-refractivity contribution in [3.05, 3.63) is 77.7 Å². The molecule has 0 aliphatic heterocycles. The Balaban J connectivity index is 1.85. The lowest BCUT2D eigenvalue weighted by molar-refractivity contribution is -0.133. The first-order valence-electron chi connectivity index (χ1n) is 8.49. The van der Waals surface area contributed by atoms with Crippen LogP contribution >= 0.6 is 11.8 Å². The van der Waals surface area contributed by atoms with E-state index in [0.717, 1.165) is 22.6 Å². The Bertz CT molecular complexity index is 775. The second-order valence-electron chi connectivity index (χ2n) is 5.65. The monoisotopic (exact) mass is 385 g/mol. The summed E-state index contributed by atoms with van der Waals surface area (Å²) in [5, 5.41) is 8.70. The summed E-state index contributed by atoms with van der Waals surface area (Å²) in [5.74, 6) is 0.684. The highest BCUT2D eigenvalue weighted by Crippen LogP contribution is 2.19. The van der Waals surface area contributed by atoms with Gasteiger partial charge in [-0.15, -0.1) is 11.8 Å². The molecular formula is C21H23NO4S. The maximum atomic E-state index is 10.6. The van der Waals surface area contributed by atoms with Crippen molar-refractivity contribution in [3.8, 4) is 5.75 Å². The lowest BCUT2D eigenvalue weighted by Crippen LogP contribution is -2.00. The van der Waals surface area contributed by atoms with Crippen molar-refractivity contribution >= 4 is 23.9 Å². The van der Waals surface area contributed by atoms with Gasteiger partial charge in [0.2, 0.25) is 0 Å². The predicted octanol–water partition coefficient (Wildman–Crippen LogP) is 4.38. The molecule has 5 nitrogen and oxygen atoms in total. The number of aliphatic carboxylic acids is 1. The third-order valence-electron chi connectivity index (χ3n) is 3.45. The number of ether oxygens (including phenoxy) is 2. The van der Waals surface area contributed by atoms with Crippen LogP contribution < -0.4 is 4.74 Å². The van der Waals surface area contributed by atoms with E-state index in [1.54, 1.807) is 19.6 Å². The molecule has 0 radical (unpaired) electrons. The number of carboxylic acid groups (broad SMARTS) is 1. The van der Waals surface area contributed by atoms with Crippen LogP contribution in [0, 0.1) is 0 Å². The maximum absolute atomic E-state index is 10.6. The quantitative estimate of drug-likeness (QED) is 0.459. The topological polar surface area (TPSA) is 68.1 Å². The summed E-state index contributed by atoms with van der Waals surface area (Å²) in [6, 6.07) is 17.5. The summed E-state index contributed by atoms with van der Waals surface area (Å²) >= 11 is 1.36. The Kier molecular flexibility index (Phi) is 9.00. The van der Waals surface area contributed by atoms with Crippen molar-refractivity contribution in [2.24, 2.45) is 4.99 Å². The van der Waals surface area contributed by atoms with E-state index in [1.807, 2.05) is 54.6 Å². The number of carboxylic acids is 1. The molecule has 0 fully saturated rings. The van der Waals surface area contributed by atoms with Gasteiger partial charge >= 0.3 is 5.97 Å². The number of benzene rings is 2. The SMILES string of the molecule is CO/C=C(/CCOc1cccc(CSCC(=O)O)c1)N=Cc1ccccc1. The van der Waals surface area contributed by atoms with E-state index in [2.05, 4.69) is 4.99 Å². The highest BCUT2D eigenvalue weighted by atomic mass is 32.2. The molecule has 2 aromatic carbocycles. The van der Waals surface area contributed by atoms with Gasteiger partial charge < -0.3 is 14.6 Å². The average Bonchev–Trinajstić information content (AvgIpc) is 2.67. The van der Waals surface area contributed by atoms with E-state index in [-0.39, 0.29) is 5.75 Å². The standard InChI is InChI=1S/C21H23NO4S/c1-25-14-19(22-13-17-6-3-2-4-7-17)10-11-26-20-9-5-8-18(12-20)15-27-16-21(23)24/h2-9,12-14H,10-11,15-16H2,1H3,(H,23,24)/b19-14-,22-13?. The second-order valence-corrected chi connectivity index (χ2v) is 6.63. The van der Waals surface area contributed by atoms with Gasteiger partial charge in [0.05, 0.1) is 25.2 Å². The number of rotatable bonds is 11. The third-order valence-corrected chi connectivity index (χ3v) is 4.44. The molecule has 0 bridgehead atoms. The fourth-order valence-corrected chi connectivity index (χ4v) is 2.93. The molecule has 2 rings (SSSR count). The first-order valence-corrected chi connectivity index (χ1v) is 9.65. The molecule has 142 valence electrons. The summed E-state index contributed by atoms with van der Waals surface area (Å²) in [7, 11) is 1.59. The molecule has 0 aliphatic carbocycles. The molecule has 0 amide bonds. The van der Waals surface area contributed by atoms with Crippen LogP contribution in [0.1, 0.15) is 17.5 Å². The first kappa shape index (κ1) is 20.6. The predicted molar refractivity (Wildman–Crippen MR) is 109 cm³/mol. The van der Waals surface area contributed by atoms with Crippen LogP contribution in [-0.4, -0.2) is 36.8 Å². The molecule has 0 saturated carbocycles. The number of aliphatic imine (C=N–C) groups is 1. The summed E-state index contributed by atoms with van der Waals surface area (Å²) in [5.41, 5.74) is 2.84. The minimum Gasteiger partial charge on any atom is -0.502 e. The zero-order valence-corrected chi connectivity index (χ0v) is 16.0. The number of nitrogens with zero attached hydrogens (tertiary/aromatic N) is 1. The first-order chi connectivity index (χ1) is 13.2. The Morgan fingerprint density at radius 3 is 2.74 bits per heavy atom. The van der Waals surface area contributed by atoms with E-state index >= 15 is 0 Å². The number of thioether (sulfide) groups is 1. The minimum absolute atomic E-state index is 0.0929. The van der Waals surface area contributed by atoms with E-state index in [4.69, 9.17) is 14.6 Å². The van der Waals surface area contributed by atoms with Crippen LogP contribution in [0.25, 0.3) is 0 Å². The molecule has 0 spiro atoms. The zero-order chi connectivity index (χ0) is 19.3. The number of methoxy groups -OCH3 is 1. The molecule has 0 atom stereocenters. The van der Waals surface area contributed by atoms with Gasteiger partial charge in [0.15, 0.2) is 0 Å². The summed E-state index contributed by atoms with van der Waals surface area (Å²) in [6.07, 6.45) is 4.02. The third kappa shape index (κ3) is 8.46. The van der Waals surface area contributed by atoms with Crippen molar-refractivity contribution in [2.45, 2.75) is 12.2 Å². The average molecular weight is 385 g/mol. The largest absolute Gasteiger partial charge is 0.502 e. The summed E-state index contributed by atoms with van der Waals surface area (Å²) < 4.78 is 10.9. The number of hydrogen-bond acceptors (Lipinski definition) is 5. The Labute approximate surface area is 163 Å². The van der Waals surface area contributed by atoms with Crippen LogP contribution in [0.3, 0.4) is 0 Å². The molecule has 0 unspecified atom stereocenters. The second kappa shape index (κ2) is 11.8. The van der Waals surface area contributed by atoms with Crippen LogP contribution in [-0.2, 0) is 15.3 Å². The Morgan fingerprint density at radius 2 is 2.00 bits per heavy atom.